The van der Waals surface area contributed by atoms with Gasteiger partial charge >= 0.3 is 6.03 Å². The Hall–Kier alpha value is -1.75. The van der Waals surface area contributed by atoms with Crippen molar-refractivity contribution in [3.8, 4) is 5.75 Å². The number of hydrogen-bond acceptors (Lipinski definition) is 3. The minimum absolute atomic E-state index is 0.0634. The highest BCUT2D eigenvalue weighted by atomic mass is 16.5. The van der Waals surface area contributed by atoms with E-state index in [1.165, 1.54) is 31.5 Å². The number of hydrogen-bond donors (Lipinski definition) is 1. The molecule has 2 fully saturated rings. The van der Waals surface area contributed by atoms with E-state index in [9.17, 15) is 4.79 Å². The summed E-state index contributed by atoms with van der Waals surface area (Å²) in [5, 5.41) is 3.06. The molecule has 0 radical (unpaired) electrons. The Bertz CT molecular complexity index is 553. The monoisotopic (exact) mass is 329 g/mol. The molecule has 0 spiro atoms. The van der Waals surface area contributed by atoms with E-state index in [2.05, 4.69) is 16.3 Å². The fourth-order valence-electron chi connectivity index (χ4n) is 4.22. The second-order valence-electron chi connectivity index (χ2n) is 7.20. The van der Waals surface area contributed by atoms with Crippen molar-refractivity contribution in [3.63, 3.8) is 0 Å². The lowest BCUT2D eigenvalue weighted by Crippen LogP contribution is -2.50. The SMILES string of the molecule is O=C(NCC1Cc2ccccc2O1)N1CCC(N2CCCC2)CC1. The summed E-state index contributed by atoms with van der Waals surface area (Å²) >= 11 is 0. The highest BCUT2D eigenvalue weighted by Crippen LogP contribution is 2.27. The topological polar surface area (TPSA) is 44.8 Å². The van der Waals surface area contributed by atoms with Crippen molar-refractivity contribution in [1.29, 1.82) is 0 Å². The molecule has 0 saturated carbocycles. The van der Waals surface area contributed by atoms with E-state index in [0.29, 0.717) is 12.6 Å². The van der Waals surface area contributed by atoms with Gasteiger partial charge in [-0.05, 0) is 50.4 Å². The summed E-state index contributed by atoms with van der Waals surface area (Å²) in [7, 11) is 0. The number of likely N-dealkylation sites (tertiary alicyclic amines) is 2. The van der Waals surface area contributed by atoms with Crippen molar-refractivity contribution in [2.75, 3.05) is 32.7 Å². The van der Waals surface area contributed by atoms with Crippen LogP contribution in [-0.2, 0) is 6.42 Å². The van der Waals surface area contributed by atoms with Crippen molar-refractivity contribution < 1.29 is 9.53 Å². The number of ether oxygens (including phenoxy) is 1. The fourth-order valence-corrected chi connectivity index (χ4v) is 4.22. The minimum atomic E-state index is 0.0634. The van der Waals surface area contributed by atoms with E-state index in [-0.39, 0.29) is 12.1 Å². The van der Waals surface area contributed by atoms with Crippen molar-refractivity contribution in [3.05, 3.63) is 29.8 Å². The Morgan fingerprint density at radius 2 is 1.88 bits per heavy atom. The van der Waals surface area contributed by atoms with Crippen LogP contribution in [0, 0.1) is 0 Å². The molecular weight excluding hydrogens is 302 g/mol. The van der Waals surface area contributed by atoms with Gasteiger partial charge in [-0.3, -0.25) is 0 Å². The molecule has 3 heterocycles. The summed E-state index contributed by atoms with van der Waals surface area (Å²) in [4.78, 5) is 17.0. The number of urea groups is 1. The van der Waals surface area contributed by atoms with Crippen molar-refractivity contribution >= 4 is 6.03 Å². The third kappa shape index (κ3) is 3.36. The van der Waals surface area contributed by atoms with Gasteiger partial charge in [-0.1, -0.05) is 18.2 Å². The van der Waals surface area contributed by atoms with Gasteiger partial charge < -0.3 is 19.9 Å². The van der Waals surface area contributed by atoms with Gasteiger partial charge in [0, 0.05) is 25.6 Å². The quantitative estimate of drug-likeness (QED) is 0.925. The summed E-state index contributed by atoms with van der Waals surface area (Å²) < 4.78 is 5.89. The summed E-state index contributed by atoms with van der Waals surface area (Å²) in [5.41, 5.74) is 1.24. The molecular formula is C19H27N3O2. The molecule has 3 aliphatic rings. The number of nitrogens with zero attached hydrogens (tertiary/aromatic N) is 2. The van der Waals surface area contributed by atoms with Gasteiger partial charge in [0.25, 0.3) is 0 Å². The molecule has 1 aromatic rings. The van der Waals surface area contributed by atoms with Crippen molar-refractivity contribution in [2.45, 2.75) is 44.2 Å². The van der Waals surface area contributed by atoms with Crippen LogP contribution in [0.25, 0.3) is 0 Å². The first-order chi connectivity index (χ1) is 11.8. The third-order valence-corrected chi connectivity index (χ3v) is 5.60. The van der Waals surface area contributed by atoms with E-state index in [1.54, 1.807) is 0 Å². The number of nitrogens with one attached hydrogen (secondary N) is 1. The largest absolute Gasteiger partial charge is 0.488 e. The fraction of sp³-hybridized carbons (Fsp3) is 0.632. The zero-order valence-electron chi connectivity index (χ0n) is 14.2. The maximum Gasteiger partial charge on any atom is 0.317 e. The molecule has 5 heteroatoms. The number of carbonyl (C=O) groups excluding carboxylic acids is 1. The molecule has 2 saturated heterocycles. The van der Waals surface area contributed by atoms with Gasteiger partial charge in [0.05, 0.1) is 6.54 Å². The Morgan fingerprint density at radius 1 is 1.12 bits per heavy atom. The van der Waals surface area contributed by atoms with Crippen LogP contribution in [0.2, 0.25) is 0 Å². The standard InChI is InChI=1S/C19H27N3O2/c23-19(20-14-17-13-15-5-1-2-6-18(15)24-17)22-11-7-16(8-12-22)21-9-3-4-10-21/h1-2,5-6,16-17H,3-4,7-14H2,(H,20,23). The molecule has 1 unspecified atom stereocenters. The molecule has 3 aliphatic heterocycles. The van der Waals surface area contributed by atoms with Gasteiger partial charge in [0.1, 0.15) is 11.9 Å². The average molecular weight is 329 g/mol. The van der Waals surface area contributed by atoms with E-state index < -0.39 is 0 Å². The smallest absolute Gasteiger partial charge is 0.317 e. The van der Waals surface area contributed by atoms with E-state index in [0.717, 1.165) is 38.1 Å². The van der Waals surface area contributed by atoms with Crippen LogP contribution in [0.3, 0.4) is 0 Å². The molecule has 1 N–H and O–H groups in total. The Morgan fingerprint density at radius 3 is 2.62 bits per heavy atom. The first-order valence-corrected chi connectivity index (χ1v) is 9.31. The molecule has 4 rings (SSSR count). The molecule has 5 nitrogen and oxygen atoms in total. The molecule has 24 heavy (non-hydrogen) atoms. The number of amides is 2. The van der Waals surface area contributed by atoms with E-state index in [4.69, 9.17) is 4.74 Å². The molecule has 130 valence electrons. The van der Waals surface area contributed by atoms with Crippen LogP contribution in [-0.4, -0.2) is 60.7 Å². The van der Waals surface area contributed by atoms with Gasteiger partial charge in [-0.25, -0.2) is 4.79 Å². The van der Waals surface area contributed by atoms with Gasteiger partial charge in [-0.2, -0.15) is 0 Å². The maximum atomic E-state index is 12.4. The summed E-state index contributed by atoms with van der Waals surface area (Å²) in [5.74, 6) is 0.961. The number of para-hydroxylation sites is 1. The van der Waals surface area contributed by atoms with Crippen LogP contribution >= 0.6 is 0 Å². The predicted molar refractivity (Wildman–Crippen MR) is 93.4 cm³/mol. The summed E-state index contributed by atoms with van der Waals surface area (Å²) in [6.45, 7) is 4.82. The van der Waals surface area contributed by atoms with Gasteiger partial charge in [-0.15, -0.1) is 0 Å². The third-order valence-electron chi connectivity index (χ3n) is 5.60. The number of carbonyl (C=O) groups is 1. The second kappa shape index (κ2) is 7.01. The Labute approximate surface area is 144 Å². The number of rotatable bonds is 3. The predicted octanol–water partition coefficient (Wildman–Crippen LogP) is 2.26. The zero-order valence-corrected chi connectivity index (χ0v) is 14.2. The average Bonchev–Trinajstić information content (AvgIpc) is 3.29. The van der Waals surface area contributed by atoms with E-state index in [1.807, 2.05) is 23.1 Å². The number of benzene rings is 1. The van der Waals surface area contributed by atoms with Crippen LogP contribution in [0.1, 0.15) is 31.2 Å². The van der Waals surface area contributed by atoms with Crippen LogP contribution in [0.15, 0.2) is 24.3 Å². The second-order valence-corrected chi connectivity index (χ2v) is 7.20. The molecule has 0 bridgehead atoms. The molecule has 0 aromatic heterocycles. The highest BCUT2D eigenvalue weighted by molar-refractivity contribution is 5.74. The van der Waals surface area contributed by atoms with Crippen molar-refractivity contribution in [1.82, 2.24) is 15.1 Å². The van der Waals surface area contributed by atoms with Crippen LogP contribution < -0.4 is 10.1 Å². The normalized spacial score (nSPS) is 24.7. The molecule has 1 aromatic carbocycles. The van der Waals surface area contributed by atoms with Gasteiger partial charge in [0.2, 0.25) is 0 Å². The molecule has 2 amide bonds. The summed E-state index contributed by atoms with van der Waals surface area (Å²) in [6.07, 6.45) is 5.84. The Kier molecular flexibility index (Phi) is 4.60. The first-order valence-electron chi connectivity index (χ1n) is 9.31. The van der Waals surface area contributed by atoms with Crippen molar-refractivity contribution in [2.24, 2.45) is 0 Å². The highest BCUT2D eigenvalue weighted by Gasteiger charge is 2.29. The maximum absolute atomic E-state index is 12.4. The van der Waals surface area contributed by atoms with Crippen LogP contribution in [0.5, 0.6) is 5.75 Å². The molecule has 0 aliphatic carbocycles. The lowest BCUT2D eigenvalue weighted by atomic mass is 10.0. The van der Waals surface area contributed by atoms with Gasteiger partial charge in [0.15, 0.2) is 0 Å². The number of fused-ring (bicyclic) bond motifs is 1. The summed E-state index contributed by atoms with van der Waals surface area (Å²) in [6, 6.07) is 8.87. The first kappa shape index (κ1) is 15.8. The minimum Gasteiger partial charge on any atom is -0.488 e. The zero-order chi connectivity index (χ0) is 16.4. The lowest BCUT2D eigenvalue weighted by Gasteiger charge is -2.36. The lowest BCUT2D eigenvalue weighted by molar-refractivity contribution is 0.131. The Balaban J connectivity index is 1.20. The molecule has 1 atom stereocenters. The van der Waals surface area contributed by atoms with E-state index >= 15 is 0 Å². The van der Waals surface area contributed by atoms with Crippen LogP contribution in [0.4, 0.5) is 4.79 Å². The number of piperidine rings is 1.